The van der Waals surface area contributed by atoms with E-state index in [1.165, 1.54) is 12.1 Å². The van der Waals surface area contributed by atoms with Crippen LogP contribution in [0.2, 0.25) is 5.02 Å². The molecule has 1 amide bonds. The number of nitrogens with zero attached hydrogens (tertiary/aromatic N) is 2. The molecule has 4 rings (SSSR count). The largest absolute Gasteiger partial charge is 0.484 e. The molecule has 1 N–H and O–H groups in total. The molecule has 35 heavy (non-hydrogen) atoms. The molecule has 2 atom stereocenters. The van der Waals surface area contributed by atoms with E-state index >= 15 is 0 Å². The smallest absolute Gasteiger partial charge is 0.416 e. The predicted molar refractivity (Wildman–Crippen MR) is 124 cm³/mol. The van der Waals surface area contributed by atoms with Crippen LogP contribution in [0.15, 0.2) is 67.0 Å². The van der Waals surface area contributed by atoms with Gasteiger partial charge in [0.15, 0.2) is 6.61 Å². The lowest BCUT2D eigenvalue weighted by atomic mass is 10.0. The number of aromatic nitrogens is 1. The molecule has 186 valence electrons. The summed E-state index contributed by atoms with van der Waals surface area (Å²) in [6.07, 6.45) is -1.59. The number of alkyl halides is 4. The highest BCUT2D eigenvalue weighted by atomic mass is 35.5. The number of hydrogen-bond donors (Lipinski definition) is 1. The summed E-state index contributed by atoms with van der Waals surface area (Å²) < 4.78 is 60.2. The van der Waals surface area contributed by atoms with Crippen molar-refractivity contribution in [3.63, 3.8) is 0 Å². The summed E-state index contributed by atoms with van der Waals surface area (Å²) in [6, 6.07) is 12.8. The zero-order valence-electron chi connectivity index (χ0n) is 18.6. The fourth-order valence-corrected chi connectivity index (χ4v) is 4.18. The maximum absolute atomic E-state index is 14.8. The molecule has 1 fully saturated rings. The quantitative estimate of drug-likeness (QED) is 0.442. The molecule has 2 unspecified atom stereocenters. The van der Waals surface area contributed by atoms with Gasteiger partial charge in [-0.05, 0) is 60.5 Å². The summed E-state index contributed by atoms with van der Waals surface area (Å²) in [5.41, 5.74) is 0.817. The van der Waals surface area contributed by atoms with E-state index in [1.807, 2.05) is 17.2 Å². The zero-order chi connectivity index (χ0) is 25.0. The Morgan fingerprint density at radius 3 is 2.60 bits per heavy atom. The molecule has 1 saturated heterocycles. The Labute approximate surface area is 205 Å². The first-order chi connectivity index (χ1) is 16.7. The van der Waals surface area contributed by atoms with Gasteiger partial charge in [0.1, 0.15) is 11.9 Å². The van der Waals surface area contributed by atoms with E-state index < -0.39 is 29.9 Å². The van der Waals surface area contributed by atoms with Crippen LogP contribution < -0.4 is 10.1 Å². The number of benzene rings is 2. The van der Waals surface area contributed by atoms with E-state index in [9.17, 15) is 22.4 Å². The van der Waals surface area contributed by atoms with Crippen molar-refractivity contribution in [2.45, 2.75) is 31.4 Å². The summed E-state index contributed by atoms with van der Waals surface area (Å²) >= 11 is 5.89. The Bertz CT molecular complexity index is 1150. The molecule has 1 aromatic heterocycles. The summed E-state index contributed by atoms with van der Waals surface area (Å²) in [5, 5.41) is 3.19. The second kappa shape index (κ2) is 10.7. The van der Waals surface area contributed by atoms with Gasteiger partial charge in [-0.2, -0.15) is 13.2 Å². The van der Waals surface area contributed by atoms with Crippen LogP contribution in [0.1, 0.15) is 17.5 Å². The van der Waals surface area contributed by atoms with Crippen LogP contribution in [0, 0.1) is 0 Å². The van der Waals surface area contributed by atoms with E-state index in [1.54, 1.807) is 35.0 Å². The van der Waals surface area contributed by atoms with E-state index in [-0.39, 0.29) is 13.2 Å². The minimum Gasteiger partial charge on any atom is -0.484 e. The Morgan fingerprint density at radius 1 is 1.14 bits per heavy atom. The highest BCUT2D eigenvalue weighted by Crippen LogP contribution is 2.29. The summed E-state index contributed by atoms with van der Waals surface area (Å²) in [5.74, 6) is 0.0576. The molecule has 0 aliphatic carbocycles. The number of rotatable bonds is 7. The Kier molecular flexibility index (Phi) is 7.66. The van der Waals surface area contributed by atoms with E-state index in [4.69, 9.17) is 16.3 Å². The van der Waals surface area contributed by atoms with E-state index in [2.05, 4.69) is 5.32 Å². The number of amides is 1. The molecule has 1 aliphatic heterocycles. The Morgan fingerprint density at radius 2 is 1.91 bits per heavy atom. The van der Waals surface area contributed by atoms with Gasteiger partial charge >= 0.3 is 6.18 Å². The van der Waals surface area contributed by atoms with Gasteiger partial charge < -0.3 is 14.6 Å². The number of likely N-dealkylation sites (tertiary alicyclic amines) is 1. The molecule has 1 aliphatic rings. The molecule has 0 spiro atoms. The normalized spacial score (nSPS) is 18.9. The van der Waals surface area contributed by atoms with Crippen molar-refractivity contribution in [3.8, 4) is 11.4 Å². The average molecular weight is 510 g/mol. The van der Waals surface area contributed by atoms with Gasteiger partial charge in [-0.15, -0.1) is 0 Å². The summed E-state index contributed by atoms with van der Waals surface area (Å²) in [7, 11) is 0. The molecular formula is C25H24ClF4N3O2. The molecule has 5 nitrogen and oxygen atoms in total. The zero-order valence-corrected chi connectivity index (χ0v) is 19.4. The van der Waals surface area contributed by atoms with Crippen LogP contribution in [-0.4, -0.2) is 47.3 Å². The van der Waals surface area contributed by atoms with Gasteiger partial charge in [0.2, 0.25) is 0 Å². The third kappa shape index (κ3) is 6.76. The van der Waals surface area contributed by atoms with Crippen molar-refractivity contribution < 1.29 is 27.1 Å². The molecule has 2 aromatic carbocycles. The van der Waals surface area contributed by atoms with Crippen molar-refractivity contribution in [2.75, 3.05) is 19.7 Å². The first-order valence-corrected chi connectivity index (χ1v) is 11.4. The number of hydrogen-bond acceptors (Lipinski definition) is 3. The number of carbonyl (C=O) groups is 1. The SMILES string of the molecule is O=C(COc1cccc(Cl)c1)NC1CCN(Cc2ccn(-c3ccc(C(F)(F)F)cc3)c2)CC1F. The van der Waals surface area contributed by atoms with Gasteiger partial charge in [0.05, 0.1) is 11.6 Å². The fourth-order valence-electron chi connectivity index (χ4n) is 4.00. The van der Waals surface area contributed by atoms with Gasteiger partial charge in [0, 0.05) is 42.7 Å². The van der Waals surface area contributed by atoms with Crippen molar-refractivity contribution >= 4 is 17.5 Å². The first-order valence-electron chi connectivity index (χ1n) is 11.1. The van der Waals surface area contributed by atoms with Crippen LogP contribution in [0.25, 0.3) is 5.69 Å². The number of carbonyl (C=O) groups excluding carboxylic acids is 1. The summed E-state index contributed by atoms with van der Waals surface area (Å²) in [4.78, 5) is 14.1. The highest BCUT2D eigenvalue weighted by Gasteiger charge is 2.31. The van der Waals surface area contributed by atoms with Gasteiger partial charge in [-0.1, -0.05) is 17.7 Å². The van der Waals surface area contributed by atoms with Gasteiger partial charge in [-0.25, -0.2) is 4.39 Å². The van der Waals surface area contributed by atoms with Crippen LogP contribution in [0.4, 0.5) is 17.6 Å². The third-order valence-electron chi connectivity index (χ3n) is 5.79. The maximum Gasteiger partial charge on any atom is 0.416 e. The first kappa shape index (κ1) is 25.1. The average Bonchev–Trinajstić information content (AvgIpc) is 3.27. The molecule has 2 heterocycles. The van der Waals surface area contributed by atoms with Crippen LogP contribution in [-0.2, 0) is 17.5 Å². The van der Waals surface area contributed by atoms with E-state index in [0.717, 1.165) is 17.7 Å². The minimum absolute atomic E-state index is 0.158. The van der Waals surface area contributed by atoms with Crippen molar-refractivity contribution in [1.82, 2.24) is 14.8 Å². The number of halogens is 5. The maximum atomic E-state index is 14.8. The van der Waals surface area contributed by atoms with E-state index in [0.29, 0.717) is 36.0 Å². The third-order valence-corrected chi connectivity index (χ3v) is 6.03. The molecule has 10 heteroatoms. The number of nitrogens with one attached hydrogen (secondary N) is 1. The molecule has 0 bridgehead atoms. The Balaban J connectivity index is 1.25. The molecular weight excluding hydrogens is 486 g/mol. The molecule has 0 radical (unpaired) electrons. The number of ether oxygens (including phenoxy) is 1. The van der Waals surface area contributed by atoms with Crippen LogP contribution >= 0.6 is 11.6 Å². The minimum atomic E-state index is -4.38. The fraction of sp³-hybridized carbons (Fsp3) is 0.320. The van der Waals surface area contributed by atoms with Crippen molar-refractivity contribution in [2.24, 2.45) is 0 Å². The second-order valence-corrected chi connectivity index (χ2v) is 8.87. The second-order valence-electron chi connectivity index (χ2n) is 8.43. The predicted octanol–water partition coefficient (Wildman–Crippen LogP) is 5.26. The Hall–Kier alpha value is -3.04. The number of piperidine rings is 1. The lowest BCUT2D eigenvalue weighted by Gasteiger charge is -2.34. The molecule has 3 aromatic rings. The summed E-state index contributed by atoms with van der Waals surface area (Å²) in [6.45, 7) is 1.01. The van der Waals surface area contributed by atoms with Crippen molar-refractivity contribution in [1.29, 1.82) is 0 Å². The lowest BCUT2D eigenvalue weighted by molar-refractivity contribution is -0.137. The topological polar surface area (TPSA) is 46.5 Å². The van der Waals surface area contributed by atoms with Crippen LogP contribution in [0.3, 0.4) is 0 Å². The monoisotopic (exact) mass is 509 g/mol. The molecule has 0 saturated carbocycles. The highest BCUT2D eigenvalue weighted by molar-refractivity contribution is 6.30. The van der Waals surface area contributed by atoms with Crippen molar-refractivity contribution in [3.05, 3.63) is 83.1 Å². The standard InChI is InChI=1S/C25H24ClF4N3O2/c26-19-2-1-3-21(12-19)35-16-24(34)31-23-9-10-32(15-22(23)27)13-17-8-11-33(14-17)20-6-4-18(5-7-20)25(28,29)30/h1-8,11-12,14,22-23H,9-10,13,15-16H2,(H,31,34). The van der Waals surface area contributed by atoms with Gasteiger partial charge in [0.25, 0.3) is 5.91 Å². The van der Waals surface area contributed by atoms with Crippen LogP contribution in [0.5, 0.6) is 5.75 Å². The van der Waals surface area contributed by atoms with Gasteiger partial charge in [-0.3, -0.25) is 9.69 Å². The lowest BCUT2D eigenvalue weighted by Crippen LogP contribution is -2.52.